The van der Waals surface area contributed by atoms with E-state index < -0.39 is 17.9 Å². The van der Waals surface area contributed by atoms with Crippen LogP contribution in [0.4, 0.5) is 11.4 Å². The molecule has 1 aliphatic heterocycles. The Labute approximate surface area is 196 Å². The lowest BCUT2D eigenvalue weighted by molar-refractivity contribution is -0.137. The molecule has 7 heteroatoms. The smallest absolute Gasteiger partial charge is 0.313 e. The molecular weight excluding hydrogens is 438 g/mol. The number of fused-ring (bicyclic) bond motifs is 3. The number of benzene rings is 3. The molecule has 2 aliphatic rings. The molecule has 1 unspecified atom stereocenters. The molecule has 1 aliphatic carbocycles. The molecule has 0 aromatic heterocycles. The Kier molecular flexibility index (Phi) is 5.38. The van der Waals surface area contributed by atoms with E-state index in [9.17, 15) is 14.4 Å². The molecule has 1 saturated heterocycles. The predicted molar refractivity (Wildman–Crippen MR) is 128 cm³/mol. The monoisotopic (exact) mass is 459 g/mol. The highest BCUT2D eigenvalue weighted by Crippen LogP contribution is 2.37. The predicted octanol–water partition coefficient (Wildman–Crippen LogP) is 4.08. The second-order valence-corrected chi connectivity index (χ2v) is 8.83. The minimum Gasteiger partial charge on any atom is -0.336 e. The van der Waals surface area contributed by atoms with Gasteiger partial charge in [0.05, 0.1) is 10.7 Å². The fraction of sp³-hybridized carbons (Fsp3) is 0.192. The van der Waals surface area contributed by atoms with Crippen molar-refractivity contribution in [3.63, 3.8) is 0 Å². The van der Waals surface area contributed by atoms with Gasteiger partial charge in [-0.15, -0.1) is 0 Å². The number of hydrogen-bond donors (Lipinski definition) is 2. The van der Waals surface area contributed by atoms with Crippen LogP contribution in [0.5, 0.6) is 0 Å². The summed E-state index contributed by atoms with van der Waals surface area (Å²) in [5.41, 5.74) is 6.82. The molecule has 1 fully saturated rings. The van der Waals surface area contributed by atoms with Gasteiger partial charge in [0.15, 0.2) is 0 Å². The average Bonchev–Trinajstić information content (AvgIpc) is 3.33. The van der Waals surface area contributed by atoms with Gasteiger partial charge >= 0.3 is 11.8 Å². The van der Waals surface area contributed by atoms with E-state index in [0.29, 0.717) is 29.4 Å². The average molecular weight is 460 g/mol. The number of anilines is 2. The molecule has 33 heavy (non-hydrogen) atoms. The maximum atomic E-state index is 12.8. The lowest BCUT2D eigenvalue weighted by Crippen LogP contribution is -2.46. The number of carbonyl (C=O) groups excluding carboxylic acids is 3. The Morgan fingerprint density at radius 1 is 0.970 bits per heavy atom. The summed E-state index contributed by atoms with van der Waals surface area (Å²) in [6, 6.07) is 18.5. The summed E-state index contributed by atoms with van der Waals surface area (Å²) in [6.07, 6.45) is 1.19. The van der Waals surface area contributed by atoms with Crippen LogP contribution in [0.1, 0.15) is 23.1 Å². The maximum Gasteiger partial charge on any atom is 0.313 e. The van der Waals surface area contributed by atoms with E-state index in [1.54, 1.807) is 23.1 Å². The molecule has 1 atom stereocenters. The van der Waals surface area contributed by atoms with Gasteiger partial charge in [0.1, 0.15) is 6.04 Å². The van der Waals surface area contributed by atoms with Crippen LogP contribution in [0.3, 0.4) is 0 Å². The minimum absolute atomic E-state index is 0.280. The summed E-state index contributed by atoms with van der Waals surface area (Å²) in [6.45, 7) is 2.34. The molecule has 0 spiro atoms. The molecule has 3 aromatic rings. The molecule has 0 saturated carbocycles. The second kappa shape index (κ2) is 8.37. The van der Waals surface area contributed by atoms with E-state index >= 15 is 0 Å². The molecule has 0 bridgehead atoms. The maximum absolute atomic E-state index is 12.8. The van der Waals surface area contributed by atoms with Crippen LogP contribution in [0, 0.1) is 6.92 Å². The third kappa shape index (κ3) is 3.98. The van der Waals surface area contributed by atoms with Gasteiger partial charge < -0.3 is 15.5 Å². The van der Waals surface area contributed by atoms with Crippen LogP contribution in [0.25, 0.3) is 11.1 Å². The van der Waals surface area contributed by atoms with Crippen LogP contribution >= 0.6 is 11.6 Å². The van der Waals surface area contributed by atoms with Crippen molar-refractivity contribution in [2.45, 2.75) is 25.8 Å². The van der Waals surface area contributed by atoms with Crippen molar-refractivity contribution in [1.29, 1.82) is 0 Å². The third-order valence-corrected chi connectivity index (χ3v) is 6.47. The number of hydrogen-bond acceptors (Lipinski definition) is 3. The third-order valence-electron chi connectivity index (χ3n) is 6.16. The zero-order chi connectivity index (χ0) is 23.1. The van der Waals surface area contributed by atoms with E-state index in [-0.39, 0.29) is 5.91 Å². The Balaban J connectivity index is 1.23. The Hall–Kier alpha value is -3.64. The zero-order valence-corrected chi connectivity index (χ0v) is 18.8. The first-order chi connectivity index (χ1) is 15.9. The fourth-order valence-electron chi connectivity index (χ4n) is 4.52. The highest BCUT2D eigenvalue weighted by atomic mass is 35.5. The Morgan fingerprint density at radius 3 is 2.58 bits per heavy atom. The van der Waals surface area contributed by atoms with Crippen LogP contribution in [0.15, 0.2) is 60.7 Å². The van der Waals surface area contributed by atoms with Crippen molar-refractivity contribution in [3.05, 3.63) is 82.4 Å². The van der Waals surface area contributed by atoms with Gasteiger partial charge in [-0.25, -0.2) is 0 Å². The number of halogens is 1. The van der Waals surface area contributed by atoms with E-state index in [0.717, 1.165) is 23.1 Å². The van der Waals surface area contributed by atoms with Gasteiger partial charge in [0.2, 0.25) is 5.91 Å². The first kappa shape index (κ1) is 21.2. The topological polar surface area (TPSA) is 78.5 Å². The van der Waals surface area contributed by atoms with Crippen LogP contribution in [-0.4, -0.2) is 30.3 Å². The Bertz CT molecular complexity index is 1300. The largest absolute Gasteiger partial charge is 0.336 e. The lowest BCUT2D eigenvalue weighted by Gasteiger charge is -2.19. The number of carbonyl (C=O) groups is 3. The van der Waals surface area contributed by atoms with E-state index in [1.165, 1.54) is 11.1 Å². The first-order valence-electron chi connectivity index (χ1n) is 10.8. The minimum atomic E-state index is -0.839. The Morgan fingerprint density at radius 2 is 1.76 bits per heavy atom. The first-order valence-corrected chi connectivity index (χ1v) is 11.2. The van der Waals surface area contributed by atoms with E-state index in [4.69, 9.17) is 11.6 Å². The molecule has 1 heterocycles. The van der Waals surface area contributed by atoms with Gasteiger partial charge in [-0.3, -0.25) is 14.4 Å². The van der Waals surface area contributed by atoms with Crippen molar-refractivity contribution in [2.75, 3.05) is 16.8 Å². The zero-order valence-electron chi connectivity index (χ0n) is 18.0. The standard InChI is InChI=1S/C26H22ClN3O3/c1-15-6-9-23(21(27)12-15)30-11-10-22(26(30)33)29-25(32)24(31)28-18-7-8-20-17(14-18)13-16-4-2-3-5-19(16)20/h2-9,12,14,22H,10-11,13H2,1H3,(H,28,31)(H,29,32). The van der Waals surface area contributed by atoms with Crippen LogP contribution in [-0.2, 0) is 20.8 Å². The van der Waals surface area contributed by atoms with Crippen molar-refractivity contribution < 1.29 is 14.4 Å². The van der Waals surface area contributed by atoms with Gasteiger partial charge in [-0.1, -0.05) is 48.0 Å². The van der Waals surface area contributed by atoms with Gasteiger partial charge in [-0.2, -0.15) is 0 Å². The molecule has 6 nitrogen and oxygen atoms in total. The van der Waals surface area contributed by atoms with Gasteiger partial charge in [0.25, 0.3) is 0 Å². The van der Waals surface area contributed by atoms with Crippen molar-refractivity contribution in [2.24, 2.45) is 0 Å². The van der Waals surface area contributed by atoms with E-state index in [1.807, 2.05) is 37.3 Å². The molecule has 2 N–H and O–H groups in total. The van der Waals surface area contributed by atoms with Crippen molar-refractivity contribution >= 4 is 40.7 Å². The molecule has 3 aromatic carbocycles. The number of nitrogens with zero attached hydrogens (tertiary/aromatic N) is 1. The number of amides is 3. The van der Waals surface area contributed by atoms with Crippen LogP contribution in [0.2, 0.25) is 5.02 Å². The van der Waals surface area contributed by atoms with Crippen molar-refractivity contribution in [3.8, 4) is 11.1 Å². The highest BCUT2D eigenvalue weighted by molar-refractivity contribution is 6.40. The summed E-state index contributed by atoms with van der Waals surface area (Å²) in [4.78, 5) is 39.4. The molecule has 0 radical (unpaired) electrons. The number of rotatable bonds is 3. The lowest BCUT2D eigenvalue weighted by atomic mass is 10.1. The highest BCUT2D eigenvalue weighted by Gasteiger charge is 2.35. The number of nitrogens with one attached hydrogen (secondary N) is 2. The second-order valence-electron chi connectivity index (χ2n) is 8.42. The summed E-state index contributed by atoms with van der Waals surface area (Å²) in [7, 11) is 0. The van der Waals surface area contributed by atoms with Crippen molar-refractivity contribution in [1.82, 2.24) is 5.32 Å². The molecule has 3 amide bonds. The van der Waals surface area contributed by atoms with Gasteiger partial charge in [0, 0.05) is 12.2 Å². The summed E-state index contributed by atoms with van der Waals surface area (Å²) < 4.78 is 0. The summed E-state index contributed by atoms with van der Waals surface area (Å²) >= 11 is 6.29. The van der Waals surface area contributed by atoms with Crippen LogP contribution < -0.4 is 15.5 Å². The fourth-order valence-corrected chi connectivity index (χ4v) is 4.86. The molecule has 166 valence electrons. The molecule has 5 rings (SSSR count). The normalized spacial score (nSPS) is 16.4. The molecular formula is C26H22ClN3O3. The number of aryl methyl sites for hydroxylation is 1. The summed E-state index contributed by atoms with van der Waals surface area (Å²) in [5.74, 6) is -1.92. The quantitative estimate of drug-likeness (QED) is 0.453. The van der Waals surface area contributed by atoms with E-state index in [2.05, 4.69) is 22.8 Å². The van der Waals surface area contributed by atoms with Gasteiger partial charge in [-0.05, 0) is 71.8 Å². The summed E-state index contributed by atoms with van der Waals surface area (Å²) in [5, 5.41) is 5.69. The SMILES string of the molecule is Cc1ccc(N2CCC(NC(=O)C(=O)Nc3ccc4c(c3)Cc3ccccc3-4)C2=O)c(Cl)c1.